The van der Waals surface area contributed by atoms with Crippen molar-refractivity contribution in [2.24, 2.45) is 0 Å². The lowest BCUT2D eigenvalue weighted by molar-refractivity contribution is 0.0594. The van der Waals surface area contributed by atoms with Crippen LogP contribution < -0.4 is 10.6 Å². The second kappa shape index (κ2) is 5.64. The lowest BCUT2D eigenvalue weighted by Gasteiger charge is -2.19. The monoisotopic (exact) mass is 275 g/mol. The summed E-state index contributed by atoms with van der Waals surface area (Å²) in [5.41, 5.74) is 6.61. The van der Waals surface area contributed by atoms with E-state index >= 15 is 0 Å². The van der Waals surface area contributed by atoms with Gasteiger partial charge in [0.15, 0.2) is 11.5 Å². The van der Waals surface area contributed by atoms with Gasteiger partial charge >= 0.3 is 5.97 Å². The van der Waals surface area contributed by atoms with E-state index in [-0.39, 0.29) is 5.69 Å². The Kier molecular flexibility index (Phi) is 3.93. The lowest BCUT2D eigenvalue weighted by Crippen LogP contribution is -2.20. The molecule has 0 aromatic carbocycles. The first-order valence-electron chi connectivity index (χ1n) is 6.12. The Morgan fingerprint density at radius 1 is 1.40 bits per heavy atom. The number of nitrogens with two attached hydrogens (primary N) is 1. The third-order valence-electron chi connectivity index (χ3n) is 2.85. The van der Waals surface area contributed by atoms with Crippen LogP contribution in [0.1, 0.15) is 22.0 Å². The summed E-state index contributed by atoms with van der Waals surface area (Å²) < 4.78 is 10.2. The van der Waals surface area contributed by atoms with E-state index in [9.17, 15) is 4.79 Å². The fourth-order valence-corrected chi connectivity index (χ4v) is 1.86. The zero-order chi connectivity index (χ0) is 14.7. The van der Waals surface area contributed by atoms with E-state index in [4.69, 9.17) is 10.2 Å². The fraction of sp³-hybridized carbons (Fsp3) is 0.286. The van der Waals surface area contributed by atoms with E-state index in [1.807, 2.05) is 31.0 Å². The molecule has 2 heterocycles. The van der Waals surface area contributed by atoms with Gasteiger partial charge < -0.3 is 19.8 Å². The van der Waals surface area contributed by atoms with Gasteiger partial charge in [-0.15, -0.1) is 0 Å². The van der Waals surface area contributed by atoms with Gasteiger partial charge in [-0.2, -0.15) is 0 Å². The van der Waals surface area contributed by atoms with E-state index in [1.165, 1.54) is 13.2 Å². The molecule has 0 aliphatic rings. The molecule has 0 aliphatic heterocycles. The number of nitrogens with zero attached hydrogens (tertiary/aromatic N) is 2. The zero-order valence-electron chi connectivity index (χ0n) is 11.7. The number of esters is 1. The van der Waals surface area contributed by atoms with Gasteiger partial charge in [0, 0.05) is 7.05 Å². The Morgan fingerprint density at radius 2 is 2.15 bits per heavy atom. The van der Waals surface area contributed by atoms with Gasteiger partial charge in [0.25, 0.3) is 0 Å². The smallest absolute Gasteiger partial charge is 0.356 e. The maximum atomic E-state index is 11.5. The zero-order valence-corrected chi connectivity index (χ0v) is 11.7. The number of hydrogen-bond acceptors (Lipinski definition) is 6. The van der Waals surface area contributed by atoms with Crippen molar-refractivity contribution in [3.05, 3.63) is 41.5 Å². The third kappa shape index (κ3) is 2.90. The average molecular weight is 275 g/mol. The third-order valence-corrected chi connectivity index (χ3v) is 2.85. The van der Waals surface area contributed by atoms with E-state index in [0.29, 0.717) is 18.1 Å². The number of rotatable bonds is 4. The molecule has 0 fully saturated rings. The quantitative estimate of drug-likeness (QED) is 0.859. The molecule has 6 heteroatoms. The number of methoxy groups -OCH3 is 1. The van der Waals surface area contributed by atoms with Gasteiger partial charge in [-0.05, 0) is 31.2 Å². The molecule has 0 saturated heterocycles. The maximum Gasteiger partial charge on any atom is 0.356 e. The van der Waals surface area contributed by atoms with Crippen molar-refractivity contribution < 1.29 is 13.9 Å². The minimum atomic E-state index is -0.492. The summed E-state index contributed by atoms with van der Waals surface area (Å²) in [4.78, 5) is 17.5. The second-order valence-electron chi connectivity index (χ2n) is 4.47. The Balaban J connectivity index is 2.24. The predicted molar refractivity (Wildman–Crippen MR) is 75.5 cm³/mol. The van der Waals surface area contributed by atoms with Crippen molar-refractivity contribution in [1.29, 1.82) is 0 Å². The molecule has 0 aliphatic carbocycles. The van der Waals surface area contributed by atoms with Crippen molar-refractivity contribution in [1.82, 2.24) is 4.98 Å². The highest BCUT2D eigenvalue weighted by atomic mass is 16.5. The van der Waals surface area contributed by atoms with Crippen molar-refractivity contribution in [3.8, 4) is 0 Å². The van der Waals surface area contributed by atoms with Gasteiger partial charge in [0.2, 0.25) is 0 Å². The first-order valence-corrected chi connectivity index (χ1v) is 6.12. The van der Waals surface area contributed by atoms with E-state index in [1.54, 1.807) is 6.07 Å². The number of nitrogen functional groups attached to an aromatic ring is 1. The van der Waals surface area contributed by atoms with Gasteiger partial charge in [-0.3, -0.25) is 0 Å². The van der Waals surface area contributed by atoms with Crippen LogP contribution in [0.5, 0.6) is 0 Å². The number of pyridine rings is 1. The molecular weight excluding hydrogens is 258 g/mol. The standard InChI is InChI=1S/C14H17N3O3/c1-9-4-5-10(20-9)8-17(2)13-11(15)6-7-12(16-13)14(18)19-3/h4-7H,8,15H2,1-3H3. The number of anilines is 2. The number of aromatic nitrogens is 1. The van der Waals surface area contributed by atoms with Gasteiger partial charge in [0.05, 0.1) is 19.3 Å². The van der Waals surface area contributed by atoms with E-state index in [2.05, 4.69) is 9.72 Å². The van der Waals surface area contributed by atoms with Gasteiger partial charge in [0.1, 0.15) is 11.5 Å². The molecule has 0 bridgehead atoms. The molecule has 2 rings (SSSR count). The topological polar surface area (TPSA) is 81.6 Å². The van der Waals surface area contributed by atoms with Crippen LogP contribution in [0.15, 0.2) is 28.7 Å². The van der Waals surface area contributed by atoms with Crippen molar-refractivity contribution >= 4 is 17.5 Å². The SMILES string of the molecule is COC(=O)c1ccc(N)c(N(C)Cc2ccc(C)o2)n1. The maximum absolute atomic E-state index is 11.5. The van der Waals surface area contributed by atoms with Crippen LogP contribution in [0.4, 0.5) is 11.5 Å². The van der Waals surface area contributed by atoms with Crippen LogP contribution in [0.3, 0.4) is 0 Å². The molecule has 0 atom stereocenters. The summed E-state index contributed by atoms with van der Waals surface area (Å²) in [6.45, 7) is 2.39. The molecule has 2 aromatic rings. The molecule has 2 aromatic heterocycles. The molecule has 0 radical (unpaired) electrons. The van der Waals surface area contributed by atoms with E-state index in [0.717, 1.165) is 11.5 Å². The number of aryl methyl sites for hydroxylation is 1. The molecule has 0 amide bonds. The number of ether oxygens (including phenoxy) is 1. The van der Waals surface area contributed by atoms with Crippen LogP contribution >= 0.6 is 0 Å². The van der Waals surface area contributed by atoms with E-state index < -0.39 is 5.97 Å². The molecular formula is C14H17N3O3. The highest BCUT2D eigenvalue weighted by molar-refractivity contribution is 5.88. The summed E-state index contributed by atoms with van der Waals surface area (Å²) in [7, 11) is 3.15. The van der Waals surface area contributed by atoms with Crippen LogP contribution in [-0.4, -0.2) is 25.1 Å². The van der Waals surface area contributed by atoms with Crippen molar-refractivity contribution in [2.75, 3.05) is 24.8 Å². The van der Waals surface area contributed by atoms with Gasteiger partial charge in [-0.25, -0.2) is 9.78 Å². The van der Waals surface area contributed by atoms with Crippen molar-refractivity contribution in [2.45, 2.75) is 13.5 Å². The second-order valence-corrected chi connectivity index (χ2v) is 4.47. The van der Waals surface area contributed by atoms with Crippen LogP contribution in [0, 0.1) is 6.92 Å². The number of carbonyl (C=O) groups is 1. The summed E-state index contributed by atoms with van der Waals surface area (Å²) in [5.74, 6) is 1.67. The highest BCUT2D eigenvalue weighted by Crippen LogP contribution is 2.22. The Hall–Kier alpha value is -2.50. The first-order chi connectivity index (χ1) is 9.51. The normalized spacial score (nSPS) is 10.3. The predicted octanol–water partition coefficient (Wildman–Crippen LogP) is 1.99. The summed E-state index contributed by atoms with van der Waals surface area (Å²) in [6.07, 6.45) is 0. The molecule has 20 heavy (non-hydrogen) atoms. The summed E-state index contributed by atoms with van der Waals surface area (Å²) in [6, 6.07) is 6.96. The lowest BCUT2D eigenvalue weighted by atomic mass is 10.3. The molecule has 6 nitrogen and oxygen atoms in total. The first kappa shape index (κ1) is 13.9. The Morgan fingerprint density at radius 3 is 2.75 bits per heavy atom. The minimum absolute atomic E-state index is 0.221. The molecule has 0 unspecified atom stereocenters. The van der Waals surface area contributed by atoms with Crippen LogP contribution in [0.25, 0.3) is 0 Å². The number of hydrogen-bond donors (Lipinski definition) is 1. The van der Waals surface area contributed by atoms with Crippen LogP contribution in [-0.2, 0) is 11.3 Å². The minimum Gasteiger partial charge on any atom is -0.464 e. The fourth-order valence-electron chi connectivity index (χ4n) is 1.86. The average Bonchev–Trinajstić information content (AvgIpc) is 2.83. The Labute approximate surface area is 117 Å². The summed E-state index contributed by atoms with van der Waals surface area (Å²) in [5, 5.41) is 0. The van der Waals surface area contributed by atoms with Gasteiger partial charge in [-0.1, -0.05) is 0 Å². The van der Waals surface area contributed by atoms with Crippen molar-refractivity contribution in [3.63, 3.8) is 0 Å². The Bertz CT molecular complexity index is 622. The largest absolute Gasteiger partial charge is 0.464 e. The molecule has 106 valence electrons. The van der Waals surface area contributed by atoms with Crippen LogP contribution in [0.2, 0.25) is 0 Å². The number of carbonyl (C=O) groups excluding carboxylic acids is 1. The number of furan rings is 1. The highest BCUT2D eigenvalue weighted by Gasteiger charge is 2.14. The molecule has 0 saturated carbocycles. The molecule has 2 N–H and O–H groups in total. The molecule has 0 spiro atoms. The summed E-state index contributed by atoms with van der Waals surface area (Å²) >= 11 is 0.